The molecule has 0 fully saturated rings. The molecule has 0 aliphatic heterocycles. The predicted molar refractivity (Wildman–Crippen MR) is 68.2 cm³/mol. The molecule has 0 bridgehead atoms. The van der Waals surface area contributed by atoms with E-state index in [-0.39, 0.29) is 0 Å². The minimum Gasteiger partial charge on any atom is -0.397 e. The molecule has 0 saturated carbocycles. The van der Waals surface area contributed by atoms with Gasteiger partial charge in [0.1, 0.15) is 0 Å². The van der Waals surface area contributed by atoms with Crippen LogP contribution in [0.3, 0.4) is 0 Å². The average Bonchev–Trinajstić information content (AvgIpc) is 2.26. The Morgan fingerprint density at radius 2 is 1.93 bits per heavy atom. The van der Waals surface area contributed by atoms with Gasteiger partial charge in [0.05, 0.1) is 11.4 Å². The lowest BCUT2D eigenvalue weighted by atomic mass is 10.1. The van der Waals surface area contributed by atoms with E-state index in [4.69, 9.17) is 5.73 Å². The maximum atomic E-state index is 5.97. The maximum Gasteiger partial charge on any atom is 0.0599 e. The van der Waals surface area contributed by atoms with Crippen molar-refractivity contribution < 1.29 is 0 Å². The molecule has 0 saturated heterocycles. The highest BCUT2D eigenvalue weighted by atomic mass is 15.1. The number of para-hydroxylation sites is 2. The van der Waals surface area contributed by atoms with E-state index < -0.39 is 0 Å². The fourth-order valence-electron chi connectivity index (χ4n) is 1.68. The first-order chi connectivity index (χ1) is 7.19. The molecule has 1 aromatic rings. The van der Waals surface area contributed by atoms with E-state index in [1.807, 2.05) is 18.2 Å². The van der Waals surface area contributed by atoms with Crippen molar-refractivity contribution in [3.05, 3.63) is 24.3 Å². The Morgan fingerprint density at radius 1 is 1.27 bits per heavy atom. The number of rotatable bonds is 5. The Kier molecular flexibility index (Phi) is 4.47. The summed E-state index contributed by atoms with van der Waals surface area (Å²) >= 11 is 0. The summed E-state index contributed by atoms with van der Waals surface area (Å²) in [5.41, 5.74) is 8.02. The third-order valence-corrected chi connectivity index (χ3v) is 2.89. The molecule has 2 heteroatoms. The summed E-state index contributed by atoms with van der Waals surface area (Å²) in [4.78, 5) is 2.35. The molecule has 0 spiro atoms. The van der Waals surface area contributed by atoms with Gasteiger partial charge in [0, 0.05) is 13.1 Å². The molecule has 0 radical (unpaired) electrons. The zero-order valence-electron chi connectivity index (χ0n) is 10.0. The van der Waals surface area contributed by atoms with Gasteiger partial charge in [-0.3, -0.25) is 0 Å². The zero-order chi connectivity index (χ0) is 11.3. The monoisotopic (exact) mass is 206 g/mol. The van der Waals surface area contributed by atoms with Crippen molar-refractivity contribution in [2.45, 2.75) is 27.2 Å². The third-order valence-electron chi connectivity index (χ3n) is 2.89. The van der Waals surface area contributed by atoms with E-state index in [1.165, 1.54) is 12.1 Å². The quantitative estimate of drug-likeness (QED) is 0.750. The van der Waals surface area contributed by atoms with Crippen LogP contribution in [0.5, 0.6) is 0 Å². The first kappa shape index (κ1) is 11.9. The van der Waals surface area contributed by atoms with Crippen molar-refractivity contribution in [2.75, 3.05) is 23.7 Å². The van der Waals surface area contributed by atoms with Crippen molar-refractivity contribution >= 4 is 11.4 Å². The second-order valence-electron chi connectivity index (χ2n) is 4.11. The summed E-state index contributed by atoms with van der Waals surface area (Å²) in [6.07, 6.45) is 1.21. The molecule has 0 amide bonds. The standard InChI is InChI=1S/C13H22N2/c1-4-11(3)10-15(5-2)13-9-7-6-8-12(13)14/h6-9,11H,4-5,10,14H2,1-3H3. The highest BCUT2D eigenvalue weighted by Gasteiger charge is 2.09. The van der Waals surface area contributed by atoms with Crippen LogP contribution in [-0.4, -0.2) is 13.1 Å². The Balaban J connectivity index is 2.78. The highest BCUT2D eigenvalue weighted by Crippen LogP contribution is 2.23. The normalized spacial score (nSPS) is 12.5. The maximum absolute atomic E-state index is 5.97. The van der Waals surface area contributed by atoms with E-state index in [0.717, 1.165) is 18.8 Å². The minimum atomic E-state index is 0.713. The van der Waals surface area contributed by atoms with Crippen LogP contribution in [0.2, 0.25) is 0 Å². The van der Waals surface area contributed by atoms with Gasteiger partial charge in [0.25, 0.3) is 0 Å². The molecule has 15 heavy (non-hydrogen) atoms. The van der Waals surface area contributed by atoms with Crippen molar-refractivity contribution in [1.82, 2.24) is 0 Å². The SMILES string of the molecule is CCC(C)CN(CC)c1ccccc1N. The van der Waals surface area contributed by atoms with Gasteiger partial charge >= 0.3 is 0 Å². The summed E-state index contributed by atoms with van der Waals surface area (Å²) in [5.74, 6) is 0.713. The molecule has 1 atom stereocenters. The molecule has 1 rings (SSSR count). The van der Waals surface area contributed by atoms with Crippen LogP contribution in [0.4, 0.5) is 11.4 Å². The van der Waals surface area contributed by atoms with Crippen LogP contribution in [0.15, 0.2) is 24.3 Å². The Bertz CT molecular complexity index is 296. The molecule has 0 aliphatic carbocycles. The van der Waals surface area contributed by atoms with Crippen LogP contribution in [0.25, 0.3) is 0 Å². The molecule has 2 nitrogen and oxygen atoms in total. The van der Waals surface area contributed by atoms with Gasteiger partial charge in [0.15, 0.2) is 0 Å². The first-order valence-corrected chi connectivity index (χ1v) is 5.78. The van der Waals surface area contributed by atoms with E-state index in [0.29, 0.717) is 5.92 Å². The van der Waals surface area contributed by atoms with Gasteiger partial charge in [-0.05, 0) is 25.0 Å². The number of hydrogen-bond donors (Lipinski definition) is 1. The number of nitrogen functional groups attached to an aromatic ring is 1. The molecule has 1 aromatic carbocycles. The largest absolute Gasteiger partial charge is 0.397 e. The Hall–Kier alpha value is -1.18. The van der Waals surface area contributed by atoms with Crippen LogP contribution in [0, 0.1) is 5.92 Å². The fraction of sp³-hybridized carbons (Fsp3) is 0.538. The lowest BCUT2D eigenvalue weighted by Crippen LogP contribution is -2.28. The second kappa shape index (κ2) is 5.64. The third kappa shape index (κ3) is 3.15. The van der Waals surface area contributed by atoms with Crippen LogP contribution in [-0.2, 0) is 0 Å². The van der Waals surface area contributed by atoms with Gasteiger partial charge in [-0.1, -0.05) is 32.4 Å². The molecule has 2 N–H and O–H groups in total. The molecule has 0 aliphatic rings. The van der Waals surface area contributed by atoms with Crippen molar-refractivity contribution in [3.63, 3.8) is 0 Å². The van der Waals surface area contributed by atoms with Gasteiger partial charge < -0.3 is 10.6 Å². The van der Waals surface area contributed by atoms with E-state index in [9.17, 15) is 0 Å². The number of anilines is 2. The van der Waals surface area contributed by atoms with E-state index in [2.05, 4.69) is 31.7 Å². The van der Waals surface area contributed by atoms with Crippen LogP contribution >= 0.6 is 0 Å². The van der Waals surface area contributed by atoms with Crippen molar-refractivity contribution in [3.8, 4) is 0 Å². The topological polar surface area (TPSA) is 29.3 Å². The number of nitrogens with zero attached hydrogens (tertiary/aromatic N) is 1. The number of benzene rings is 1. The lowest BCUT2D eigenvalue weighted by Gasteiger charge is -2.27. The van der Waals surface area contributed by atoms with E-state index >= 15 is 0 Å². The summed E-state index contributed by atoms with van der Waals surface area (Å²) in [7, 11) is 0. The van der Waals surface area contributed by atoms with Crippen LogP contribution < -0.4 is 10.6 Å². The second-order valence-corrected chi connectivity index (χ2v) is 4.11. The summed E-state index contributed by atoms with van der Waals surface area (Å²) in [6, 6.07) is 8.09. The van der Waals surface area contributed by atoms with Crippen LogP contribution in [0.1, 0.15) is 27.2 Å². The number of nitrogens with two attached hydrogens (primary N) is 1. The first-order valence-electron chi connectivity index (χ1n) is 5.78. The van der Waals surface area contributed by atoms with Gasteiger partial charge in [-0.15, -0.1) is 0 Å². The zero-order valence-corrected chi connectivity index (χ0v) is 10.0. The van der Waals surface area contributed by atoms with Gasteiger partial charge in [-0.2, -0.15) is 0 Å². The molecule has 0 aromatic heterocycles. The van der Waals surface area contributed by atoms with E-state index in [1.54, 1.807) is 0 Å². The average molecular weight is 206 g/mol. The minimum absolute atomic E-state index is 0.713. The fourth-order valence-corrected chi connectivity index (χ4v) is 1.68. The Labute approximate surface area is 93.1 Å². The molecular weight excluding hydrogens is 184 g/mol. The predicted octanol–water partition coefficient (Wildman–Crippen LogP) is 3.14. The Morgan fingerprint density at radius 3 is 2.47 bits per heavy atom. The summed E-state index contributed by atoms with van der Waals surface area (Å²) < 4.78 is 0. The van der Waals surface area contributed by atoms with Gasteiger partial charge in [-0.25, -0.2) is 0 Å². The molecular formula is C13H22N2. The summed E-state index contributed by atoms with van der Waals surface area (Å²) in [5, 5.41) is 0. The van der Waals surface area contributed by atoms with Crippen molar-refractivity contribution in [1.29, 1.82) is 0 Å². The molecule has 84 valence electrons. The lowest BCUT2D eigenvalue weighted by molar-refractivity contribution is 0.548. The number of hydrogen-bond acceptors (Lipinski definition) is 2. The molecule has 0 heterocycles. The van der Waals surface area contributed by atoms with Crippen molar-refractivity contribution in [2.24, 2.45) is 5.92 Å². The molecule has 1 unspecified atom stereocenters. The smallest absolute Gasteiger partial charge is 0.0599 e. The highest BCUT2D eigenvalue weighted by molar-refractivity contribution is 5.67. The van der Waals surface area contributed by atoms with Gasteiger partial charge in [0.2, 0.25) is 0 Å². The summed E-state index contributed by atoms with van der Waals surface area (Å²) in [6.45, 7) is 8.78.